The van der Waals surface area contributed by atoms with Crippen LogP contribution in [0.4, 0.5) is 4.39 Å². The number of halogens is 2. The number of benzene rings is 1. The maximum Gasteiger partial charge on any atom is 0.253 e. The van der Waals surface area contributed by atoms with Gasteiger partial charge in [0.1, 0.15) is 5.82 Å². The standard InChI is InChI=1S/C10H11ClFNO2/c1-6(5-14)13-10(15)7-3-2-4-8(12)9(7)11/h2-4,6,14H,5H2,1H3,(H,13,15). The van der Waals surface area contributed by atoms with Crippen molar-refractivity contribution in [1.29, 1.82) is 0 Å². The zero-order valence-electron chi connectivity index (χ0n) is 8.13. The summed E-state index contributed by atoms with van der Waals surface area (Å²) in [5.41, 5.74) is 0.0666. The number of carbonyl (C=O) groups is 1. The zero-order chi connectivity index (χ0) is 11.4. The Morgan fingerprint density at radius 3 is 2.93 bits per heavy atom. The molecule has 5 heteroatoms. The fourth-order valence-electron chi connectivity index (χ4n) is 1.03. The highest BCUT2D eigenvalue weighted by Gasteiger charge is 2.14. The normalized spacial score (nSPS) is 12.3. The minimum Gasteiger partial charge on any atom is -0.394 e. The molecule has 0 aliphatic carbocycles. The van der Waals surface area contributed by atoms with Crippen molar-refractivity contribution in [3.05, 3.63) is 34.6 Å². The van der Waals surface area contributed by atoms with Crippen LogP contribution >= 0.6 is 11.6 Å². The molecule has 0 bridgehead atoms. The number of hydrogen-bond acceptors (Lipinski definition) is 2. The van der Waals surface area contributed by atoms with Crippen LogP contribution in [0, 0.1) is 5.82 Å². The number of aliphatic hydroxyl groups is 1. The first-order valence-electron chi connectivity index (χ1n) is 4.42. The smallest absolute Gasteiger partial charge is 0.253 e. The third-order valence-corrected chi connectivity index (χ3v) is 2.23. The summed E-state index contributed by atoms with van der Waals surface area (Å²) in [6, 6.07) is 3.61. The van der Waals surface area contributed by atoms with Crippen LogP contribution in [-0.2, 0) is 0 Å². The van der Waals surface area contributed by atoms with Crippen LogP contribution in [0.25, 0.3) is 0 Å². The number of aliphatic hydroxyl groups excluding tert-OH is 1. The SMILES string of the molecule is CC(CO)NC(=O)c1cccc(F)c1Cl. The average Bonchev–Trinajstić information content (AvgIpc) is 2.21. The summed E-state index contributed by atoms with van der Waals surface area (Å²) in [6.07, 6.45) is 0. The van der Waals surface area contributed by atoms with Gasteiger partial charge in [-0.15, -0.1) is 0 Å². The fraction of sp³-hybridized carbons (Fsp3) is 0.300. The van der Waals surface area contributed by atoms with Crippen LogP contribution in [0.1, 0.15) is 17.3 Å². The molecule has 0 aliphatic heterocycles. The summed E-state index contributed by atoms with van der Waals surface area (Å²) >= 11 is 5.62. The Bertz CT molecular complexity index is 370. The molecule has 1 rings (SSSR count). The van der Waals surface area contributed by atoms with E-state index in [-0.39, 0.29) is 17.2 Å². The molecule has 3 nitrogen and oxygen atoms in total. The van der Waals surface area contributed by atoms with Crippen molar-refractivity contribution in [3.63, 3.8) is 0 Å². The van der Waals surface area contributed by atoms with Crippen molar-refractivity contribution in [3.8, 4) is 0 Å². The topological polar surface area (TPSA) is 49.3 Å². The lowest BCUT2D eigenvalue weighted by atomic mass is 10.2. The summed E-state index contributed by atoms with van der Waals surface area (Å²) in [6.45, 7) is 1.45. The van der Waals surface area contributed by atoms with E-state index in [0.29, 0.717) is 0 Å². The third-order valence-electron chi connectivity index (χ3n) is 1.85. The average molecular weight is 232 g/mol. The Labute approximate surface area is 91.9 Å². The summed E-state index contributed by atoms with van der Waals surface area (Å²) in [5.74, 6) is -1.14. The molecule has 0 aliphatic rings. The van der Waals surface area contributed by atoms with E-state index >= 15 is 0 Å². The molecule has 1 aromatic rings. The van der Waals surface area contributed by atoms with Gasteiger partial charge in [0.15, 0.2) is 0 Å². The van der Waals surface area contributed by atoms with Gasteiger partial charge in [-0.1, -0.05) is 17.7 Å². The summed E-state index contributed by atoms with van der Waals surface area (Å²) in [4.78, 5) is 11.5. The fourth-order valence-corrected chi connectivity index (χ4v) is 1.24. The Morgan fingerprint density at radius 1 is 1.67 bits per heavy atom. The minimum absolute atomic E-state index is 0.0666. The van der Waals surface area contributed by atoms with Crippen LogP contribution in [0.15, 0.2) is 18.2 Å². The molecule has 0 heterocycles. The molecule has 15 heavy (non-hydrogen) atoms. The van der Waals surface area contributed by atoms with Crippen LogP contribution in [0.5, 0.6) is 0 Å². The lowest BCUT2D eigenvalue weighted by Gasteiger charge is -2.11. The molecular formula is C10H11ClFNO2. The van der Waals surface area contributed by atoms with Crippen molar-refractivity contribution in [2.75, 3.05) is 6.61 Å². The highest BCUT2D eigenvalue weighted by atomic mass is 35.5. The molecule has 0 radical (unpaired) electrons. The van der Waals surface area contributed by atoms with Gasteiger partial charge in [-0.3, -0.25) is 4.79 Å². The van der Waals surface area contributed by atoms with Crippen molar-refractivity contribution in [2.45, 2.75) is 13.0 Å². The van der Waals surface area contributed by atoms with Gasteiger partial charge in [0.05, 0.1) is 17.2 Å². The number of rotatable bonds is 3. The molecule has 2 N–H and O–H groups in total. The Hall–Kier alpha value is -1.13. The van der Waals surface area contributed by atoms with Crippen molar-refractivity contribution in [2.24, 2.45) is 0 Å². The van der Waals surface area contributed by atoms with Gasteiger partial charge in [-0.05, 0) is 19.1 Å². The van der Waals surface area contributed by atoms with E-state index in [1.807, 2.05) is 0 Å². The minimum atomic E-state index is -0.638. The first-order valence-corrected chi connectivity index (χ1v) is 4.79. The van der Waals surface area contributed by atoms with E-state index in [2.05, 4.69) is 5.32 Å². The number of hydrogen-bond donors (Lipinski definition) is 2. The van der Waals surface area contributed by atoms with E-state index < -0.39 is 17.8 Å². The molecule has 0 aromatic heterocycles. The number of carbonyl (C=O) groups excluding carboxylic acids is 1. The summed E-state index contributed by atoms with van der Waals surface area (Å²) in [5, 5.41) is 11.0. The van der Waals surface area contributed by atoms with Crippen molar-refractivity contribution < 1.29 is 14.3 Å². The predicted molar refractivity (Wildman–Crippen MR) is 55.4 cm³/mol. The van der Waals surface area contributed by atoms with Crippen LogP contribution in [0.3, 0.4) is 0 Å². The third kappa shape index (κ3) is 2.91. The predicted octanol–water partition coefficient (Wildman–Crippen LogP) is 1.59. The lowest BCUT2D eigenvalue weighted by Crippen LogP contribution is -2.35. The van der Waals surface area contributed by atoms with Gasteiger partial charge >= 0.3 is 0 Å². The van der Waals surface area contributed by atoms with Crippen molar-refractivity contribution in [1.82, 2.24) is 5.32 Å². The number of amides is 1. The van der Waals surface area contributed by atoms with Gasteiger partial charge in [-0.25, -0.2) is 4.39 Å². The van der Waals surface area contributed by atoms with Gasteiger partial charge in [0, 0.05) is 6.04 Å². The highest BCUT2D eigenvalue weighted by Crippen LogP contribution is 2.19. The number of nitrogens with one attached hydrogen (secondary N) is 1. The van der Waals surface area contributed by atoms with Crippen LogP contribution in [0.2, 0.25) is 5.02 Å². The maximum atomic E-state index is 13.0. The molecule has 1 unspecified atom stereocenters. The van der Waals surface area contributed by atoms with Crippen LogP contribution in [-0.4, -0.2) is 23.7 Å². The Kier molecular flexibility index (Phi) is 4.05. The van der Waals surface area contributed by atoms with Gasteiger partial charge in [0.25, 0.3) is 5.91 Å². The molecule has 0 saturated carbocycles. The Balaban J connectivity index is 2.87. The monoisotopic (exact) mass is 231 g/mol. The van der Waals surface area contributed by atoms with Gasteiger partial charge < -0.3 is 10.4 Å². The second-order valence-corrected chi connectivity index (χ2v) is 3.54. The Morgan fingerprint density at radius 2 is 2.33 bits per heavy atom. The molecule has 1 aromatic carbocycles. The molecule has 0 saturated heterocycles. The molecule has 0 spiro atoms. The summed E-state index contributed by atoms with van der Waals surface area (Å²) < 4.78 is 13.0. The first kappa shape index (κ1) is 11.9. The zero-order valence-corrected chi connectivity index (χ0v) is 8.88. The largest absolute Gasteiger partial charge is 0.394 e. The van der Waals surface area contributed by atoms with Crippen LogP contribution < -0.4 is 5.32 Å². The highest BCUT2D eigenvalue weighted by molar-refractivity contribution is 6.34. The van der Waals surface area contributed by atoms with E-state index in [0.717, 1.165) is 0 Å². The van der Waals surface area contributed by atoms with E-state index in [4.69, 9.17) is 16.7 Å². The molecule has 82 valence electrons. The van der Waals surface area contributed by atoms with Gasteiger partial charge in [0.2, 0.25) is 0 Å². The lowest BCUT2D eigenvalue weighted by molar-refractivity contribution is 0.0922. The first-order chi connectivity index (χ1) is 7.06. The summed E-state index contributed by atoms with van der Waals surface area (Å²) in [7, 11) is 0. The van der Waals surface area contributed by atoms with E-state index in [1.54, 1.807) is 6.92 Å². The second kappa shape index (κ2) is 5.09. The van der Waals surface area contributed by atoms with E-state index in [1.165, 1.54) is 18.2 Å². The maximum absolute atomic E-state index is 13.0. The van der Waals surface area contributed by atoms with Crippen molar-refractivity contribution >= 4 is 17.5 Å². The second-order valence-electron chi connectivity index (χ2n) is 3.16. The molecule has 0 fully saturated rings. The molecule has 1 atom stereocenters. The van der Waals surface area contributed by atoms with E-state index in [9.17, 15) is 9.18 Å². The molecular weight excluding hydrogens is 221 g/mol. The van der Waals surface area contributed by atoms with Gasteiger partial charge in [-0.2, -0.15) is 0 Å². The quantitative estimate of drug-likeness (QED) is 0.830. The molecule has 1 amide bonds.